The van der Waals surface area contributed by atoms with Gasteiger partial charge in [-0.05, 0) is 17.7 Å². The lowest BCUT2D eigenvalue weighted by molar-refractivity contribution is -0.152. The topological polar surface area (TPSA) is 65.7 Å². The lowest BCUT2D eigenvalue weighted by atomic mass is 10.0. The number of fused-ring (bicyclic) bond motifs is 1. The predicted molar refractivity (Wildman–Crippen MR) is 90.4 cm³/mol. The number of carbonyl (C=O) groups is 1. The van der Waals surface area contributed by atoms with E-state index in [-0.39, 0.29) is 28.9 Å². The van der Waals surface area contributed by atoms with Gasteiger partial charge in [0.15, 0.2) is 0 Å². The molecule has 0 saturated carbocycles. The number of esters is 1. The van der Waals surface area contributed by atoms with Crippen LogP contribution in [0.5, 0.6) is 5.75 Å². The van der Waals surface area contributed by atoms with E-state index in [9.17, 15) is 22.8 Å². The summed E-state index contributed by atoms with van der Waals surface area (Å²) in [6.45, 7) is -0.331. The summed E-state index contributed by atoms with van der Waals surface area (Å²) >= 11 is 0. The molecule has 0 bridgehead atoms. The average Bonchev–Trinajstić information content (AvgIpc) is 2.61. The van der Waals surface area contributed by atoms with Crippen LogP contribution in [0.15, 0.2) is 57.7 Å². The summed E-state index contributed by atoms with van der Waals surface area (Å²) in [4.78, 5) is 24.2. The maximum absolute atomic E-state index is 13.5. The fraction of sp³-hybridized carbons (Fsp3) is 0.158. The second kappa shape index (κ2) is 7.24. The van der Waals surface area contributed by atoms with E-state index < -0.39 is 28.9 Å². The third kappa shape index (κ3) is 3.85. The van der Waals surface area contributed by atoms with Gasteiger partial charge in [-0.1, -0.05) is 30.3 Å². The van der Waals surface area contributed by atoms with E-state index in [4.69, 9.17) is 9.15 Å². The Labute approximate surface area is 150 Å². The predicted octanol–water partition coefficient (Wildman–Crippen LogP) is 4.03. The number of halogens is 3. The van der Waals surface area contributed by atoms with Crippen LogP contribution in [0, 0.1) is 0 Å². The Morgan fingerprint density at radius 1 is 1.11 bits per heavy atom. The van der Waals surface area contributed by atoms with Crippen LogP contribution >= 0.6 is 0 Å². The zero-order chi connectivity index (χ0) is 19.6. The van der Waals surface area contributed by atoms with Crippen molar-refractivity contribution in [2.24, 2.45) is 0 Å². The SMILES string of the molecule is COCC(=O)Oc1ccc2c(=O)c(-c3ccccc3)c(C(F)(F)F)oc2c1. The van der Waals surface area contributed by atoms with Gasteiger partial charge < -0.3 is 13.9 Å². The van der Waals surface area contributed by atoms with E-state index >= 15 is 0 Å². The first kappa shape index (κ1) is 18.7. The molecule has 0 aliphatic carbocycles. The second-order valence-corrected chi connectivity index (χ2v) is 5.56. The Morgan fingerprint density at radius 3 is 2.44 bits per heavy atom. The summed E-state index contributed by atoms with van der Waals surface area (Å²) in [6.07, 6.45) is -4.89. The summed E-state index contributed by atoms with van der Waals surface area (Å²) in [7, 11) is 1.29. The van der Waals surface area contributed by atoms with E-state index in [1.54, 1.807) is 6.07 Å². The zero-order valence-corrected chi connectivity index (χ0v) is 14.0. The molecule has 0 aliphatic rings. The molecule has 0 fully saturated rings. The molecule has 0 N–H and O–H groups in total. The highest BCUT2D eigenvalue weighted by Gasteiger charge is 2.39. The molecule has 2 aromatic carbocycles. The fourth-order valence-corrected chi connectivity index (χ4v) is 2.58. The van der Waals surface area contributed by atoms with Crippen molar-refractivity contribution >= 4 is 16.9 Å². The molecule has 0 spiro atoms. The molecule has 0 radical (unpaired) electrons. The molecular formula is C19H13F3O5. The lowest BCUT2D eigenvalue weighted by Gasteiger charge is -2.13. The average molecular weight is 378 g/mol. The minimum Gasteiger partial charge on any atom is -0.450 e. The van der Waals surface area contributed by atoms with Crippen molar-refractivity contribution < 1.29 is 31.9 Å². The number of hydrogen-bond acceptors (Lipinski definition) is 5. The molecule has 140 valence electrons. The van der Waals surface area contributed by atoms with Gasteiger partial charge in [-0.3, -0.25) is 4.79 Å². The van der Waals surface area contributed by atoms with Crippen LogP contribution in [0.1, 0.15) is 5.76 Å². The molecule has 0 atom stereocenters. The summed E-state index contributed by atoms with van der Waals surface area (Å²) in [5.74, 6) is -2.21. The highest BCUT2D eigenvalue weighted by Crippen LogP contribution is 2.37. The number of ether oxygens (including phenoxy) is 2. The normalized spacial score (nSPS) is 11.6. The molecule has 3 aromatic rings. The first-order valence-corrected chi connectivity index (χ1v) is 7.74. The number of hydrogen-bond donors (Lipinski definition) is 0. The lowest BCUT2D eigenvalue weighted by Crippen LogP contribution is -2.16. The first-order valence-electron chi connectivity index (χ1n) is 7.74. The standard InChI is InChI=1S/C19H13F3O5/c1-25-10-15(23)26-12-7-8-13-14(9-12)27-18(19(20,21)22)16(17(13)24)11-5-3-2-4-6-11/h2-9H,10H2,1H3. The molecular weight excluding hydrogens is 365 g/mol. The molecule has 0 amide bonds. The molecule has 0 unspecified atom stereocenters. The minimum absolute atomic E-state index is 0.0617. The van der Waals surface area contributed by atoms with Crippen molar-refractivity contribution in [1.82, 2.24) is 0 Å². The van der Waals surface area contributed by atoms with Crippen LogP contribution in [-0.2, 0) is 15.7 Å². The molecule has 1 aromatic heterocycles. The van der Waals surface area contributed by atoms with Crippen molar-refractivity contribution in [3.05, 3.63) is 64.5 Å². The Hall–Kier alpha value is -3.13. The van der Waals surface area contributed by atoms with E-state index in [1.807, 2.05) is 0 Å². The summed E-state index contributed by atoms with van der Waals surface area (Å²) in [6, 6.07) is 11.1. The zero-order valence-electron chi connectivity index (χ0n) is 14.0. The van der Waals surface area contributed by atoms with Crippen molar-refractivity contribution in [3.8, 4) is 16.9 Å². The van der Waals surface area contributed by atoms with Gasteiger partial charge in [-0.15, -0.1) is 0 Å². The van der Waals surface area contributed by atoms with E-state index in [0.29, 0.717) is 0 Å². The monoisotopic (exact) mass is 378 g/mol. The fourth-order valence-electron chi connectivity index (χ4n) is 2.58. The smallest absolute Gasteiger partial charge is 0.450 e. The van der Waals surface area contributed by atoms with Gasteiger partial charge in [-0.25, -0.2) is 4.79 Å². The molecule has 3 rings (SSSR count). The van der Waals surface area contributed by atoms with Crippen LogP contribution in [0.3, 0.4) is 0 Å². The van der Waals surface area contributed by atoms with E-state index in [1.165, 1.54) is 43.5 Å². The van der Waals surface area contributed by atoms with Gasteiger partial charge >= 0.3 is 12.1 Å². The van der Waals surface area contributed by atoms with Crippen LogP contribution in [0.25, 0.3) is 22.1 Å². The van der Waals surface area contributed by atoms with E-state index in [0.717, 1.165) is 6.07 Å². The maximum Gasteiger partial charge on any atom is 0.450 e. The van der Waals surface area contributed by atoms with E-state index in [2.05, 4.69) is 4.74 Å². The third-order valence-corrected chi connectivity index (χ3v) is 3.68. The second-order valence-electron chi connectivity index (χ2n) is 5.56. The van der Waals surface area contributed by atoms with Gasteiger partial charge in [0.2, 0.25) is 11.2 Å². The molecule has 1 heterocycles. The van der Waals surface area contributed by atoms with Gasteiger partial charge in [0.05, 0.1) is 10.9 Å². The number of methoxy groups -OCH3 is 1. The molecule has 0 aliphatic heterocycles. The van der Waals surface area contributed by atoms with Gasteiger partial charge in [0.25, 0.3) is 0 Å². The van der Waals surface area contributed by atoms with Crippen molar-refractivity contribution in [2.45, 2.75) is 6.18 Å². The van der Waals surface area contributed by atoms with Crippen molar-refractivity contribution in [1.29, 1.82) is 0 Å². The first-order chi connectivity index (χ1) is 12.8. The Morgan fingerprint density at radius 2 is 1.81 bits per heavy atom. The molecule has 5 nitrogen and oxygen atoms in total. The number of benzene rings is 2. The largest absolute Gasteiger partial charge is 0.450 e. The highest BCUT2D eigenvalue weighted by molar-refractivity contribution is 5.85. The Balaban J connectivity index is 2.21. The van der Waals surface area contributed by atoms with Gasteiger partial charge in [-0.2, -0.15) is 13.2 Å². The van der Waals surface area contributed by atoms with Crippen molar-refractivity contribution in [3.63, 3.8) is 0 Å². The molecule has 27 heavy (non-hydrogen) atoms. The summed E-state index contributed by atoms with van der Waals surface area (Å²) in [5, 5.41) is -0.0617. The Kier molecular flexibility index (Phi) is 5.00. The van der Waals surface area contributed by atoms with Crippen LogP contribution in [-0.4, -0.2) is 19.7 Å². The van der Waals surface area contributed by atoms with Gasteiger partial charge in [0.1, 0.15) is 17.9 Å². The maximum atomic E-state index is 13.5. The number of carbonyl (C=O) groups excluding carboxylic acids is 1. The quantitative estimate of drug-likeness (QED) is 0.507. The number of rotatable bonds is 4. The van der Waals surface area contributed by atoms with Gasteiger partial charge in [0, 0.05) is 13.2 Å². The summed E-state index contributed by atoms with van der Waals surface area (Å²) in [5.41, 5.74) is -1.64. The third-order valence-electron chi connectivity index (χ3n) is 3.68. The highest BCUT2D eigenvalue weighted by atomic mass is 19.4. The number of alkyl halides is 3. The van der Waals surface area contributed by atoms with Crippen LogP contribution < -0.4 is 10.2 Å². The minimum atomic E-state index is -4.89. The molecule has 0 saturated heterocycles. The van der Waals surface area contributed by atoms with Crippen LogP contribution in [0.2, 0.25) is 0 Å². The van der Waals surface area contributed by atoms with Crippen LogP contribution in [0.4, 0.5) is 13.2 Å². The van der Waals surface area contributed by atoms with Crippen molar-refractivity contribution in [2.75, 3.05) is 13.7 Å². The Bertz CT molecular complexity index is 1040. The molecule has 8 heteroatoms. The summed E-state index contributed by atoms with van der Waals surface area (Å²) < 4.78 is 55.1.